The largest absolute Gasteiger partial charge is 0.370 e. The molecule has 2 aromatic heterocycles. The molecule has 2 aromatic rings. The lowest BCUT2D eigenvalue weighted by molar-refractivity contribution is 0.0958. The molecule has 22 heavy (non-hydrogen) atoms. The van der Waals surface area contributed by atoms with Crippen molar-refractivity contribution in [1.29, 1.82) is 0 Å². The molecule has 8 heteroatoms. The van der Waals surface area contributed by atoms with Gasteiger partial charge in [0.2, 0.25) is 0 Å². The summed E-state index contributed by atoms with van der Waals surface area (Å²) < 4.78 is 0. The minimum Gasteiger partial charge on any atom is -0.370 e. The predicted molar refractivity (Wildman–Crippen MR) is 88.6 cm³/mol. The fourth-order valence-electron chi connectivity index (χ4n) is 1.90. The van der Waals surface area contributed by atoms with Crippen LogP contribution in [0.3, 0.4) is 0 Å². The standard InChI is InChI=1S/C14H20N6OS/c1-4-15-11-7-12(20-10(3)19-11)16-5-6-17-14(21)13-9(2)18-8-22-13/h7-8H,4-6H2,1-3H3,(H,17,21)(H2,15,16,19,20). The van der Waals surface area contributed by atoms with E-state index in [2.05, 4.69) is 30.9 Å². The molecule has 2 heterocycles. The maximum atomic E-state index is 11.9. The van der Waals surface area contributed by atoms with Crippen LogP contribution in [0, 0.1) is 13.8 Å². The number of carbonyl (C=O) groups is 1. The highest BCUT2D eigenvalue weighted by molar-refractivity contribution is 7.11. The molecule has 1 amide bonds. The SMILES string of the molecule is CCNc1cc(NCCNC(=O)c2scnc2C)nc(C)n1. The van der Waals surface area contributed by atoms with Crippen molar-refractivity contribution in [3.8, 4) is 0 Å². The molecule has 0 aliphatic carbocycles. The number of anilines is 2. The van der Waals surface area contributed by atoms with Crippen LogP contribution in [0.25, 0.3) is 0 Å². The van der Waals surface area contributed by atoms with Crippen molar-refractivity contribution in [2.24, 2.45) is 0 Å². The Kier molecular flexibility index (Phi) is 5.65. The van der Waals surface area contributed by atoms with Crippen LogP contribution in [0.1, 0.15) is 28.1 Å². The van der Waals surface area contributed by atoms with Gasteiger partial charge in [-0.2, -0.15) is 0 Å². The zero-order valence-electron chi connectivity index (χ0n) is 12.9. The van der Waals surface area contributed by atoms with E-state index in [1.165, 1.54) is 11.3 Å². The van der Waals surface area contributed by atoms with Crippen molar-refractivity contribution in [2.45, 2.75) is 20.8 Å². The molecule has 0 aromatic carbocycles. The normalized spacial score (nSPS) is 10.3. The molecular formula is C14H20N6OS. The highest BCUT2D eigenvalue weighted by Gasteiger charge is 2.10. The van der Waals surface area contributed by atoms with Crippen molar-refractivity contribution >= 4 is 28.9 Å². The molecule has 0 aliphatic rings. The van der Waals surface area contributed by atoms with E-state index in [9.17, 15) is 4.79 Å². The van der Waals surface area contributed by atoms with E-state index < -0.39 is 0 Å². The Labute approximate surface area is 133 Å². The second kappa shape index (κ2) is 7.69. The number of nitrogens with zero attached hydrogens (tertiary/aromatic N) is 3. The number of aryl methyl sites for hydroxylation is 2. The molecule has 0 atom stereocenters. The van der Waals surface area contributed by atoms with Crippen LogP contribution >= 0.6 is 11.3 Å². The summed E-state index contributed by atoms with van der Waals surface area (Å²) >= 11 is 1.35. The Hall–Kier alpha value is -2.22. The predicted octanol–water partition coefficient (Wildman–Crippen LogP) is 1.82. The van der Waals surface area contributed by atoms with E-state index in [0.717, 1.165) is 23.9 Å². The quantitative estimate of drug-likeness (QED) is 0.674. The number of nitrogens with one attached hydrogen (secondary N) is 3. The van der Waals surface area contributed by atoms with E-state index >= 15 is 0 Å². The van der Waals surface area contributed by atoms with Crippen LogP contribution in [0.2, 0.25) is 0 Å². The molecule has 7 nitrogen and oxygen atoms in total. The molecule has 0 saturated carbocycles. The number of hydrogen-bond acceptors (Lipinski definition) is 7. The fourth-order valence-corrected chi connectivity index (χ4v) is 2.62. The Bertz CT molecular complexity index is 642. The highest BCUT2D eigenvalue weighted by Crippen LogP contribution is 2.12. The van der Waals surface area contributed by atoms with Gasteiger partial charge in [0.15, 0.2) is 0 Å². The summed E-state index contributed by atoms with van der Waals surface area (Å²) in [6.07, 6.45) is 0. The van der Waals surface area contributed by atoms with Crippen LogP contribution in [0.5, 0.6) is 0 Å². The molecule has 0 saturated heterocycles. The molecule has 0 aliphatic heterocycles. The summed E-state index contributed by atoms with van der Waals surface area (Å²) in [6, 6.07) is 1.85. The van der Waals surface area contributed by atoms with Crippen LogP contribution < -0.4 is 16.0 Å². The zero-order chi connectivity index (χ0) is 15.9. The summed E-state index contributed by atoms with van der Waals surface area (Å²) in [5, 5.41) is 9.20. The first-order valence-corrected chi connectivity index (χ1v) is 7.99. The summed E-state index contributed by atoms with van der Waals surface area (Å²) in [6.45, 7) is 7.60. The molecule has 3 N–H and O–H groups in total. The minimum absolute atomic E-state index is 0.0889. The Morgan fingerprint density at radius 1 is 1.18 bits per heavy atom. The molecule has 0 bridgehead atoms. The van der Waals surface area contributed by atoms with E-state index in [1.54, 1.807) is 5.51 Å². The molecule has 0 radical (unpaired) electrons. The maximum Gasteiger partial charge on any atom is 0.263 e. The first-order valence-electron chi connectivity index (χ1n) is 7.12. The van der Waals surface area contributed by atoms with Gasteiger partial charge in [0.1, 0.15) is 22.3 Å². The molecule has 0 fully saturated rings. The third-order valence-electron chi connectivity index (χ3n) is 2.86. The molecule has 118 valence electrons. The van der Waals surface area contributed by atoms with E-state index in [4.69, 9.17) is 0 Å². The number of aromatic nitrogens is 3. The fraction of sp³-hybridized carbons (Fsp3) is 0.429. The third kappa shape index (κ3) is 4.39. The Morgan fingerprint density at radius 2 is 1.91 bits per heavy atom. The van der Waals surface area contributed by atoms with Crippen molar-refractivity contribution in [2.75, 3.05) is 30.3 Å². The second-order valence-electron chi connectivity index (χ2n) is 4.67. The maximum absolute atomic E-state index is 11.9. The molecule has 0 spiro atoms. The summed E-state index contributed by atoms with van der Waals surface area (Å²) in [7, 11) is 0. The van der Waals surface area contributed by atoms with Crippen LogP contribution in [-0.2, 0) is 0 Å². The van der Waals surface area contributed by atoms with Crippen LogP contribution in [0.15, 0.2) is 11.6 Å². The van der Waals surface area contributed by atoms with Gasteiger partial charge in [-0.05, 0) is 20.8 Å². The van der Waals surface area contributed by atoms with Crippen molar-refractivity contribution in [3.63, 3.8) is 0 Å². The zero-order valence-corrected chi connectivity index (χ0v) is 13.8. The summed E-state index contributed by atoms with van der Waals surface area (Å²) in [5.74, 6) is 2.15. The second-order valence-corrected chi connectivity index (χ2v) is 5.52. The smallest absolute Gasteiger partial charge is 0.263 e. The number of thiazole rings is 1. The van der Waals surface area contributed by atoms with E-state index in [-0.39, 0.29) is 5.91 Å². The summed E-state index contributed by atoms with van der Waals surface area (Å²) in [4.78, 5) is 25.3. The number of hydrogen-bond donors (Lipinski definition) is 3. The van der Waals surface area contributed by atoms with Crippen LogP contribution in [-0.4, -0.2) is 40.5 Å². The van der Waals surface area contributed by atoms with Crippen molar-refractivity contribution in [1.82, 2.24) is 20.3 Å². The molecular weight excluding hydrogens is 300 g/mol. The number of rotatable bonds is 7. The van der Waals surface area contributed by atoms with Gasteiger partial charge in [-0.3, -0.25) is 4.79 Å². The lowest BCUT2D eigenvalue weighted by Crippen LogP contribution is -2.28. The monoisotopic (exact) mass is 320 g/mol. The van der Waals surface area contributed by atoms with Gasteiger partial charge in [0, 0.05) is 25.7 Å². The third-order valence-corrected chi connectivity index (χ3v) is 3.79. The van der Waals surface area contributed by atoms with Gasteiger partial charge < -0.3 is 16.0 Å². The van der Waals surface area contributed by atoms with E-state index in [1.807, 2.05) is 26.8 Å². The van der Waals surface area contributed by atoms with Gasteiger partial charge >= 0.3 is 0 Å². The van der Waals surface area contributed by atoms with Crippen molar-refractivity contribution in [3.05, 3.63) is 28.0 Å². The Balaban J connectivity index is 1.81. The average Bonchev–Trinajstić information content (AvgIpc) is 2.89. The molecule has 2 rings (SSSR count). The van der Waals surface area contributed by atoms with Gasteiger partial charge in [0.05, 0.1) is 11.2 Å². The van der Waals surface area contributed by atoms with Gasteiger partial charge in [-0.25, -0.2) is 15.0 Å². The first-order chi connectivity index (χ1) is 10.6. The van der Waals surface area contributed by atoms with E-state index in [0.29, 0.717) is 23.8 Å². The molecule has 0 unspecified atom stereocenters. The van der Waals surface area contributed by atoms with Crippen LogP contribution in [0.4, 0.5) is 11.6 Å². The lowest BCUT2D eigenvalue weighted by atomic mass is 10.4. The number of carbonyl (C=O) groups excluding carboxylic acids is 1. The highest BCUT2D eigenvalue weighted by atomic mass is 32.1. The first kappa shape index (κ1) is 16.2. The average molecular weight is 320 g/mol. The topological polar surface area (TPSA) is 91.8 Å². The summed E-state index contributed by atoms with van der Waals surface area (Å²) in [5.41, 5.74) is 2.44. The minimum atomic E-state index is -0.0889. The van der Waals surface area contributed by atoms with Crippen molar-refractivity contribution < 1.29 is 4.79 Å². The lowest BCUT2D eigenvalue weighted by Gasteiger charge is -2.09. The Morgan fingerprint density at radius 3 is 2.55 bits per heavy atom. The number of amides is 1. The van der Waals surface area contributed by atoms with Gasteiger partial charge in [-0.15, -0.1) is 11.3 Å². The van der Waals surface area contributed by atoms with Gasteiger partial charge in [-0.1, -0.05) is 0 Å². The van der Waals surface area contributed by atoms with Gasteiger partial charge in [0.25, 0.3) is 5.91 Å².